The predicted molar refractivity (Wildman–Crippen MR) is 127 cm³/mol. The Bertz CT molecular complexity index is 1240. The van der Waals surface area contributed by atoms with E-state index in [1.807, 2.05) is 55.5 Å². The van der Waals surface area contributed by atoms with Crippen molar-refractivity contribution in [2.75, 3.05) is 16.8 Å². The van der Waals surface area contributed by atoms with Gasteiger partial charge in [0.15, 0.2) is 0 Å². The fourth-order valence-electron chi connectivity index (χ4n) is 4.89. The molecule has 1 unspecified atom stereocenters. The molecular formula is C27H25N3O3. The SMILES string of the molecule is CC12CCC(=O)N1c1ccccc1C(=O)N2CC(=O)Nc1ccccc1Cc1ccccc1. The van der Waals surface area contributed by atoms with Gasteiger partial charge in [-0.1, -0.05) is 60.7 Å². The lowest BCUT2D eigenvalue weighted by molar-refractivity contribution is -0.120. The van der Waals surface area contributed by atoms with Crippen LogP contribution in [0.25, 0.3) is 0 Å². The van der Waals surface area contributed by atoms with Crippen LogP contribution in [0, 0.1) is 0 Å². The van der Waals surface area contributed by atoms with Gasteiger partial charge in [0.25, 0.3) is 5.91 Å². The van der Waals surface area contributed by atoms with Gasteiger partial charge in [0, 0.05) is 12.1 Å². The molecule has 0 aliphatic carbocycles. The first kappa shape index (κ1) is 20.9. The summed E-state index contributed by atoms with van der Waals surface area (Å²) in [6.07, 6.45) is 1.52. The van der Waals surface area contributed by atoms with E-state index >= 15 is 0 Å². The van der Waals surface area contributed by atoms with Crippen LogP contribution in [0.3, 0.4) is 0 Å². The Balaban J connectivity index is 1.40. The minimum Gasteiger partial charge on any atom is -0.324 e. The van der Waals surface area contributed by atoms with Gasteiger partial charge >= 0.3 is 0 Å². The van der Waals surface area contributed by atoms with E-state index < -0.39 is 5.66 Å². The molecule has 166 valence electrons. The smallest absolute Gasteiger partial charge is 0.258 e. The van der Waals surface area contributed by atoms with Crippen molar-refractivity contribution >= 4 is 29.1 Å². The lowest BCUT2D eigenvalue weighted by atomic mass is 9.98. The number of rotatable bonds is 5. The number of hydrogen-bond acceptors (Lipinski definition) is 3. The Morgan fingerprint density at radius 2 is 1.64 bits per heavy atom. The van der Waals surface area contributed by atoms with Crippen LogP contribution in [-0.2, 0) is 16.0 Å². The summed E-state index contributed by atoms with van der Waals surface area (Å²) < 4.78 is 0. The topological polar surface area (TPSA) is 69.7 Å². The summed E-state index contributed by atoms with van der Waals surface area (Å²) in [6.45, 7) is 1.73. The number of benzene rings is 3. The van der Waals surface area contributed by atoms with Gasteiger partial charge in [0.2, 0.25) is 11.8 Å². The highest BCUT2D eigenvalue weighted by molar-refractivity contribution is 6.11. The second-order valence-corrected chi connectivity index (χ2v) is 8.72. The van der Waals surface area contributed by atoms with Gasteiger partial charge in [-0.2, -0.15) is 0 Å². The molecule has 0 saturated carbocycles. The second-order valence-electron chi connectivity index (χ2n) is 8.72. The number of hydrogen-bond donors (Lipinski definition) is 1. The summed E-state index contributed by atoms with van der Waals surface area (Å²) in [5, 5.41) is 2.99. The molecule has 2 aliphatic rings. The third-order valence-corrected chi connectivity index (χ3v) is 6.58. The maximum atomic E-state index is 13.4. The van der Waals surface area contributed by atoms with Gasteiger partial charge in [-0.25, -0.2) is 0 Å². The first-order valence-electron chi connectivity index (χ1n) is 11.1. The van der Waals surface area contributed by atoms with E-state index in [-0.39, 0.29) is 24.3 Å². The summed E-state index contributed by atoms with van der Waals surface area (Å²) >= 11 is 0. The molecule has 33 heavy (non-hydrogen) atoms. The number of nitrogens with zero attached hydrogens (tertiary/aromatic N) is 2. The van der Waals surface area contributed by atoms with Gasteiger partial charge < -0.3 is 10.2 Å². The third-order valence-electron chi connectivity index (χ3n) is 6.58. The fraction of sp³-hybridized carbons (Fsp3) is 0.222. The van der Waals surface area contributed by atoms with Crippen LogP contribution < -0.4 is 10.2 Å². The average Bonchev–Trinajstić information content (AvgIpc) is 3.14. The molecule has 0 radical (unpaired) electrons. The zero-order valence-corrected chi connectivity index (χ0v) is 18.5. The molecule has 3 amide bonds. The molecule has 1 fully saturated rings. The van der Waals surface area contributed by atoms with E-state index in [0.29, 0.717) is 30.5 Å². The number of anilines is 2. The van der Waals surface area contributed by atoms with Gasteiger partial charge in [0.05, 0.1) is 11.3 Å². The minimum atomic E-state index is -0.858. The zero-order chi connectivity index (χ0) is 23.0. The Hall–Kier alpha value is -3.93. The molecule has 2 heterocycles. The van der Waals surface area contributed by atoms with Crippen LogP contribution in [0.4, 0.5) is 11.4 Å². The van der Waals surface area contributed by atoms with Crippen molar-refractivity contribution in [1.82, 2.24) is 4.90 Å². The molecule has 0 aromatic heterocycles. The number of nitrogens with one attached hydrogen (secondary N) is 1. The molecule has 1 saturated heterocycles. The quantitative estimate of drug-likeness (QED) is 0.647. The van der Waals surface area contributed by atoms with Crippen LogP contribution in [0.2, 0.25) is 0 Å². The standard InChI is InChI=1S/C27H25N3O3/c1-27-16-15-25(32)30(27)23-14-8-6-12-21(23)26(33)29(27)18-24(31)28-22-13-7-5-11-20(22)17-19-9-3-2-4-10-19/h2-14H,15-18H2,1H3,(H,28,31). The highest BCUT2D eigenvalue weighted by Gasteiger charge is 2.53. The highest BCUT2D eigenvalue weighted by atomic mass is 16.2. The first-order chi connectivity index (χ1) is 16.0. The molecule has 2 aliphatic heterocycles. The Morgan fingerprint density at radius 3 is 2.45 bits per heavy atom. The van der Waals surface area contributed by atoms with Crippen molar-refractivity contribution in [2.24, 2.45) is 0 Å². The summed E-state index contributed by atoms with van der Waals surface area (Å²) in [5.41, 5.74) is 3.08. The normalized spacial score (nSPS) is 19.3. The number of amides is 3. The third kappa shape index (κ3) is 3.67. The van der Waals surface area contributed by atoms with E-state index in [1.54, 1.807) is 23.1 Å². The maximum Gasteiger partial charge on any atom is 0.258 e. The van der Waals surface area contributed by atoms with Crippen molar-refractivity contribution in [2.45, 2.75) is 31.8 Å². The number of fused-ring (bicyclic) bond motifs is 3. The first-order valence-corrected chi connectivity index (χ1v) is 11.1. The van der Waals surface area contributed by atoms with Gasteiger partial charge in [-0.15, -0.1) is 0 Å². The molecular weight excluding hydrogens is 414 g/mol. The van der Waals surface area contributed by atoms with Gasteiger partial charge in [-0.3, -0.25) is 19.3 Å². The molecule has 3 aromatic rings. The lowest BCUT2D eigenvalue weighted by Crippen LogP contribution is -2.63. The van der Waals surface area contributed by atoms with E-state index in [0.717, 1.165) is 16.8 Å². The van der Waals surface area contributed by atoms with Crippen LogP contribution >= 0.6 is 0 Å². The largest absolute Gasteiger partial charge is 0.324 e. The zero-order valence-electron chi connectivity index (χ0n) is 18.5. The van der Waals surface area contributed by atoms with E-state index in [9.17, 15) is 14.4 Å². The van der Waals surface area contributed by atoms with Gasteiger partial charge in [0.1, 0.15) is 12.2 Å². The summed E-state index contributed by atoms with van der Waals surface area (Å²) in [6, 6.07) is 24.9. The molecule has 6 heteroatoms. The molecule has 1 N–H and O–H groups in total. The fourth-order valence-corrected chi connectivity index (χ4v) is 4.89. The Morgan fingerprint density at radius 1 is 0.939 bits per heavy atom. The Kier molecular flexibility index (Phi) is 5.21. The van der Waals surface area contributed by atoms with Crippen LogP contribution in [0.15, 0.2) is 78.9 Å². The van der Waals surface area contributed by atoms with Crippen molar-refractivity contribution in [3.63, 3.8) is 0 Å². The summed E-state index contributed by atoms with van der Waals surface area (Å²) in [4.78, 5) is 42.5. The van der Waals surface area contributed by atoms with Crippen molar-refractivity contribution in [3.05, 3.63) is 95.6 Å². The van der Waals surface area contributed by atoms with Crippen molar-refractivity contribution in [3.8, 4) is 0 Å². The van der Waals surface area contributed by atoms with E-state index in [4.69, 9.17) is 0 Å². The average molecular weight is 440 g/mol. The summed E-state index contributed by atoms with van der Waals surface area (Å²) in [5.74, 6) is -0.549. The van der Waals surface area contributed by atoms with Crippen LogP contribution in [0.1, 0.15) is 41.3 Å². The molecule has 5 rings (SSSR count). The van der Waals surface area contributed by atoms with Crippen LogP contribution in [-0.4, -0.2) is 34.8 Å². The maximum absolute atomic E-state index is 13.4. The molecule has 1 atom stereocenters. The highest BCUT2D eigenvalue weighted by Crippen LogP contribution is 2.43. The van der Waals surface area contributed by atoms with Crippen LogP contribution in [0.5, 0.6) is 0 Å². The molecule has 6 nitrogen and oxygen atoms in total. The van der Waals surface area contributed by atoms with Crippen molar-refractivity contribution < 1.29 is 14.4 Å². The second kappa shape index (κ2) is 8.20. The monoisotopic (exact) mass is 439 g/mol. The molecule has 3 aromatic carbocycles. The Labute approximate surface area is 192 Å². The lowest BCUT2D eigenvalue weighted by Gasteiger charge is -2.48. The number of carbonyl (C=O) groups is 3. The minimum absolute atomic E-state index is 0.0314. The van der Waals surface area contributed by atoms with Crippen molar-refractivity contribution in [1.29, 1.82) is 0 Å². The van der Waals surface area contributed by atoms with E-state index in [2.05, 4.69) is 17.4 Å². The number of para-hydroxylation sites is 2. The predicted octanol–water partition coefficient (Wildman–Crippen LogP) is 4.21. The molecule has 0 spiro atoms. The number of carbonyl (C=O) groups excluding carboxylic acids is 3. The van der Waals surface area contributed by atoms with Gasteiger partial charge in [-0.05, 0) is 49.1 Å². The van der Waals surface area contributed by atoms with E-state index in [1.165, 1.54) is 4.90 Å². The summed E-state index contributed by atoms with van der Waals surface area (Å²) in [7, 11) is 0. The molecule has 0 bridgehead atoms.